The standard InChI is InChI=1S/C19H24ClN3O4/c1-19(2,3)27-17(24)22-16-4-6-23(7-5-16)18(25)26-12-14-8-13(11-21)9-15(20)10-14/h8-10,16H,4-7,12H2,1-3H3,(H,22,24). The van der Waals surface area contributed by atoms with Gasteiger partial charge >= 0.3 is 12.2 Å². The van der Waals surface area contributed by atoms with Crippen LogP contribution in [0.2, 0.25) is 5.02 Å². The van der Waals surface area contributed by atoms with Crippen molar-refractivity contribution in [3.8, 4) is 6.07 Å². The van der Waals surface area contributed by atoms with E-state index < -0.39 is 17.8 Å². The SMILES string of the molecule is CC(C)(C)OC(=O)NC1CCN(C(=O)OCc2cc(Cl)cc(C#N)c2)CC1. The van der Waals surface area contributed by atoms with Crippen LogP contribution >= 0.6 is 11.6 Å². The third-order valence-electron chi connectivity index (χ3n) is 3.92. The van der Waals surface area contributed by atoms with Crippen LogP contribution in [0.1, 0.15) is 44.7 Å². The lowest BCUT2D eigenvalue weighted by molar-refractivity contribution is 0.0471. The average Bonchev–Trinajstić information content (AvgIpc) is 2.58. The molecule has 0 unspecified atom stereocenters. The summed E-state index contributed by atoms with van der Waals surface area (Å²) in [5.74, 6) is 0. The summed E-state index contributed by atoms with van der Waals surface area (Å²) < 4.78 is 10.6. The maximum Gasteiger partial charge on any atom is 0.410 e. The lowest BCUT2D eigenvalue weighted by Crippen LogP contribution is -2.47. The predicted molar refractivity (Wildman–Crippen MR) is 100 cm³/mol. The fourth-order valence-electron chi connectivity index (χ4n) is 2.72. The van der Waals surface area contributed by atoms with E-state index in [0.717, 1.165) is 0 Å². The highest BCUT2D eigenvalue weighted by molar-refractivity contribution is 6.30. The van der Waals surface area contributed by atoms with Gasteiger partial charge in [-0.25, -0.2) is 9.59 Å². The van der Waals surface area contributed by atoms with Gasteiger partial charge in [0.05, 0.1) is 11.6 Å². The van der Waals surface area contributed by atoms with Crippen LogP contribution in [0.3, 0.4) is 0 Å². The first kappa shape index (κ1) is 20.8. The molecule has 7 nitrogen and oxygen atoms in total. The summed E-state index contributed by atoms with van der Waals surface area (Å²) in [6.45, 7) is 6.45. The van der Waals surface area contributed by atoms with Gasteiger partial charge in [-0.1, -0.05) is 11.6 Å². The summed E-state index contributed by atoms with van der Waals surface area (Å²) in [4.78, 5) is 25.6. The van der Waals surface area contributed by atoms with E-state index in [0.29, 0.717) is 42.1 Å². The number of likely N-dealkylation sites (tertiary alicyclic amines) is 1. The summed E-state index contributed by atoms with van der Waals surface area (Å²) in [6, 6.07) is 6.83. The second-order valence-corrected chi connectivity index (χ2v) is 7.86. The number of nitriles is 1. The number of benzene rings is 1. The molecule has 27 heavy (non-hydrogen) atoms. The number of piperidine rings is 1. The normalized spacial score (nSPS) is 15.0. The van der Waals surface area contributed by atoms with Crippen LogP contribution in [0, 0.1) is 11.3 Å². The molecule has 1 saturated heterocycles. The van der Waals surface area contributed by atoms with Gasteiger partial charge in [-0.2, -0.15) is 5.26 Å². The third-order valence-corrected chi connectivity index (χ3v) is 4.14. The van der Waals surface area contributed by atoms with E-state index in [1.165, 1.54) is 0 Å². The molecule has 146 valence electrons. The highest BCUT2D eigenvalue weighted by Gasteiger charge is 2.26. The van der Waals surface area contributed by atoms with Crippen molar-refractivity contribution in [3.63, 3.8) is 0 Å². The highest BCUT2D eigenvalue weighted by Crippen LogP contribution is 2.17. The Bertz CT molecular complexity index is 731. The number of ether oxygens (including phenoxy) is 2. The Kier molecular flexibility index (Phi) is 6.92. The third kappa shape index (κ3) is 6.99. The van der Waals surface area contributed by atoms with E-state index in [1.807, 2.05) is 26.8 Å². The van der Waals surface area contributed by atoms with Crippen molar-refractivity contribution >= 4 is 23.8 Å². The second kappa shape index (κ2) is 8.96. The van der Waals surface area contributed by atoms with E-state index in [-0.39, 0.29) is 12.6 Å². The second-order valence-electron chi connectivity index (χ2n) is 7.42. The zero-order valence-corrected chi connectivity index (χ0v) is 16.5. The van der Waals surface area contributed by atoms with Crippen molar-refractivity contribution in [1.82, 2.24) is 10.2 Å². The van der Waals surface area contributed by atoms with Gasteiger partial charge in [0.1, 0.15) is 12.2 Å². The zero-order chi connectivity index (χ0) is 20.0. The van der Waals surface area contributed by atoms with Gasteiger partial charge in [-0.15, -0.1) is 0 Å². The van der Waals surface area contributed by atoms with Crippen LogP contribution in [0.25, 0.3) is 0 Å². The summed E-state index contributed by atoms with van der Waals surface area (Å²) >= 11 is 5.94. The molecule has 1 heterocycles. The Morgan fingerprint density at radius 2 is 1.96 bits per heavy atom. The first-order valence-electron chi connectivity index (χ1n) is 8.77. The van der Waals surface area contributed by atoms with Crippen LogP contribution in [-0.2, 0) is 16.1 Å². The van der Waals surface area contributed by atoms with Crippen molar-refractivity contribution in [1.29, 1.82) is 5.26 Å². The lowest BCUT2D eigenvalue weighted by Gasteiger charge is -2.32. The van der Waals surface area contributed by atoms with Crippen molar-refractivity contribution in [2.45, 2.75) is 51.9 Å². The number of halogens is 1. The number of nitrogens with zero attached hydrogens (tertiary/aromatic N) is 2. The van der Waals surface area contributed by atoms with Crippen LogP contribution < -0.4 is 5.32 Å². The minimum absolute atomic E-state index is 0.0324. The van der Waals surface area contributed by atoms with Gasteiger partial charge in [0.15, 0.2) is 0 Å². The predicted octanol–water partition coefficient (Wildman–Crippen LogP) is 3.84. The van der Waals surface area contributed by atoms with E-state index in [4.69, 9.17) is 26.3 Å². The molecule has 0 aromatic heterocycles. The Balaban J connectivity index is 1.77. The van der Waals surface area contributed by atoms with Crippen molar-refractivity contribution in [2.24, 2.45) is 0 Å². The Morgan fingerprint density at radius 1 is 1.30 bits per heavy atom. The molecule has 1 fully saturated rings. The molecule has 2 rings (SSSR count). The molecule has 0 aliphatic carbocycles. The monoisotopic (exact) mass is 393 g/mol. The Hall–Kier alpha value is -2.46. The quantitative estimate of drug-likeness (QED) is 0.842. The zero-order valence-electron chi connectivity index (χ0n) is 15.8. The van der Waals surface area contributed by atoms with Gasteiger partial charge in [0.2, 0.25) is 0 Å². The molecule has 1 aliphatic rings. The minimum atomic E-state index is -0.541. The van der Waals surface area contributed by atoms with Crippen LogP contribution in [0.15, 0.2) is 18.2 Å². The molecule has 2 amide bonds. The fourth-order valence-corrected chi connectivity index (χ4v) is 2.97. The largest absolute Gasteiger partial charge is 0.445 e. The molecule has 8 heteroatoms. The number of hydrogen-bond donors (Lipinski definition) is 1. The molecule has 1 aliphatic heterocycles. The molecule has 0 bridgehead atoms. The molecule has 1 aromatic carbocycles. The van der Waals surface area contributed by atoms with Gasteiger partial charge in [0.25, 0.3) is 0 Å². The maximum atomic E-state index is 12.2. The maximum absolute atomic E-state index is 12.2. The number of rotatable bonds is 3. The van der Waals surface area contributed by atoms with Crippen molar-refractivity contribution < 1.29 is 19.1 Å². The number of nitrogens with one attached hydrogen (secondary N) is 1. The van der Waals surface area contributed by atoms with Crippen LogP contribution in [-0.4, -0.2) is 41.8 Å². The first-order chi connectivity index (χ1) is 12.7. The molecular weight excluding hydrogens is 370 g/mol. The summed E-state index contributed by atoms with van der Waals surface area (Å²) in [5.41, 5.74) is 0.539. The van der Waals surface area contributed by atoms with Gasteiger partial charge in [-0.3, -0.25) is 0 Å². The topological polar surface area (TPSA) is 91.7 Å². The van der Waals surface area contributed by atoms with Crippen molar-refractivity contribution in [3.05, 3.63) is 34.3 Å². The molecular formula is C19H24ClN3O4. The van der Waals surface area contributed by atoms with E-state index in [2.05, 4.69) is 5.32 Å². The highest BCUT2D eigenvalue weighted by atomic mass is 35.5. The molecule has 1 N–H and O–H groups in total. The summed E-state index contributed by atoms with van der Waals surface area (Å²) in [7, 11) is 0. The molecule has 0 saturated carbocycles. The molecule has 0 spiro atoms. The Morgan fingerprint density at radius 3 is 2.56 bits per heavy atom. The van der Waals surface area contributed by atoms with Crippen molar-refractivity contribution in [2.75, 3.05) is 13.1 Å². The average molecular weight is 394 g/mol. The first-order valence-corrected chi connectivity index (χ1v) is 9.15. The van der Waals surface area contributed by atoms with Gasteiger partial charge < -0.3 is 19.7 Å². The van der Waals surface area contributed by atoms with E-state index >= 15 is 0 Å². The van der Waals surface area contributed by atoms with Crippen LogP contribution in [0.5, 0.6) is 0 Å². The fraction of sp³-hybridized carbons (Fsp3) is 0.526. The van der Waals surface area contributed by atoms with E-state index in [9.17, 15) is 9.59 Å². The smallest absolute Gasteiger partial charge is 0.410 e. The van der Waals surface area contributed by atoms with Gasteiger partial charge in [-0.05, 0) is 57.4 Å². The summed E-state index contributed by atoms with van der Waals surface area (Å²) in [5, 5.41) is 12.2. The molecule has 0 atom stereocenters. The van der Waals surface area contributed by atoms with Crippen LogP contribution in [0.4, 0.5) is 9.59 Å². The summed E-state index contributed by atoms with van der Waals surface area (Å²) in [6.07, 6.45) is 0.385. The number of hydrogen-bond acceptors (Lipinski definition) is 5. The minimum Gasteiger partial charge on any atom is -0.445 e. The number of carbonyl (C=O) groups excluding carboxylic acids is 2. The molecule has 0 radical (unpaired) electrons. The molecule has 1 aromatic rings. The van der Waals surface area contributed by atoms with E-state index in [1.54, 1.807) is 23.1 Å². The number of carbonyl (C=O) groups is 2. The number of alkyl carbamates (subject to hydrolysis) is 1. The lowest BCUT2D eigenvalue weighted by atomic mass is 10.1. The Labute approximate surface area is 164 Å². The number of amides is 2. The van der Waals surface area contributed by atoms with Gasteiger partial charge in [0, 0.05) is 24.2 Å².